The molecule has 1 atom stereocenters. The molecule has 2 aromatic carbocycles. The summed E-state index contributed by atoms with van der Waals surface area (Å²) in [6.07, 6.45) is 0.153. The molecule has 1 aliphatic rings. The summed E-state index contributed by atoms with van der Waals surface area (Å²) in [5.41, 5.74) is 1.24. The minimum Gasteiger partial charge on any atom is -0.495 e. The summed E-state index contributed by atoms with van der Waals surface area (Å²) in [7, 11) is 1.55. The molecular formula is C21H23N3O4. The summed E-state index contributed by atoms with van der Waals surface area (Å²) in [6.45, 7) is 0.925. The first kappa shape index (κ1) is 19.4. The van der Waals surface area contributed by atoms with Crippen LogP contribution in [0.5, 0.6) is 5.75 Å². The molecule has 0 radical (unpaired) electrons. The third-order valence-corrected chi connectivity index (χ3v) is 4.62. The van der Waals surface area contributed by atoms with Crippen LogP contribution in [0.4, 0.5) is 5.69 Å². The Labute approximate surface area is 163 Å². The second-order valence-corrected chi connectivity index (χ2v) is 6.49. The minimum absolute atomic E-state index is 0.109. The molecule has 0 aliphatic carbocycles. The van der Waals surface area contributed by atoms with Crippen LogP contribution in [0.25, 0.3) is 0 Å². The molecule has 3 amide bonds. The van der Waals surface area contributed by atoms with Gasteiger partial charge in [-0.2, -0.15) is 0 Å². The number of rotatable bonds is 7. The zero-order valence-corrected chi connectivity index (χ0v) is 15.7. The molecule has 3 rings (SSSR count). The van der Waals surface area contributed by atoms with Gasteiger partial charge in [0, 0.05) is 31.6 Å². The first-order valence-corrected chi connectivity index (χ1v) is 9.14. The number of hydrogen-bond acceptors (Lipinski definition) is 4. The van der Waals surface area contributed by atoms with Crippen molar-refractivity contribution in [3.8, 4) is 5.75 Å². The molecule has 2 aromatic rings. The van der Waals surface area contributed by atoms with Gasteiger partial charge in [-0.05, 0) is 24.3 Å². The van der Waals surface area contributed by atoms with E-state index in [4.69, 9.17) is 4.74 Å². The Morgan fingerprint density at radius 1 is 1.04 bits per heavy atom. The lowest BCUT2D eigenvalue weighted by Gasteiger charge is -2.19. The Bertz CT molecular complexity index is 854. The van der Waals surface area contributed by atoms with Gasteiger partial charge in [0.15, 0.2) is 0 Å². The predicted molar refractivity (Wildman–Crippen MR) is 105 cm³/mol. The van der Waals surface area contributed by atoms with Crippen molar-refractivity contribution in [2.45, 2.75) is 6.42 Å². The monoisotopic (exact) mass is 381 g/mol. The van der Waals surface area contributed by atoms with Crippen molar-refractivity contribution < 1.29 is 19.1 Å². The number of carbonyl (C=O) groups excluding carboxylic acids is 3. The van der Waals surface area contributed by atoms with Crippen molar-refractivity contribution in [2.24, 2.45) is 5.92 Å². The van der Waals surface area contributed by atoms with E-state index in [1.807, 2.05) is 18.2 Å². The van der Waals surface area contributed by atoms with Gasteiger partial charge in [0.25, 0.3) is 5.91 Å². The third kappa shape index (κ3) is 4.49. The lowest BCUT2D eigenvalue weighted by Crippen LogP contribution is -2.38. The second kappa shape index (κ2) is 9.03. The normalized spacial score (nSPS) is 16.0. The summed E-state index contributed by atoms with van der Waals surface area (Å²) in [5, 5.41) is 5.54. The highest BCUT2D eigenvalue weighted by Crippen LogP contribution is 2.32. The summed E-state index contributed by atoms with van der Waals surface area (Å²) < 4.78 is 5.31. The van der Waals surface area contributed by atoms with Crippen LogP contribution in [0.1, 0.15) is 16.8 Å². The van der Waals surface area contributed by atoms with E-state index in [1.165, 1.54) is 0 Å². The molecule has 28 heavy (non-hydrogen) atoms. The molecule has 0 saturated carbocycles. The fourth-order valence-electron chi connectivity index (χ4n) is 3.17. The predicted octanol–water partition coefficient (Wildman–Crippen LogP) is 1.59. The van der Waals surface area contributed by atoms with Crippen LogP contribution in [-0.4, -0.2) is 44.5 Å². The maximum Gasteiger partial charge on any atom is 0.251 e. The van der Waals surface area contributed by atoms with E-state index in [0.717, 1.165) is 0 Å². The quantitative estimate of drug-likeness (QED) is 0.713. The van der Waals surface area contributed by atoms with Gasteiger partial charge in [0.1, 0.15) is 5.75 Å². The number of hydrogen-bond donors (Lipinski definition) is 2. The standard InChI is InChI=1S/C21H23N3O4/c1-28-18-10-6-5-9-17(18)24-14-16(13-19(24)25)21(27)23-12-11-22-20(26)15-7-3-2-4-8-15/h2-10,16H,11-14H2,1H3,(H,22,26)(H,23,27). The molecule has 1 heterocycles. The molecule has 1 saturated heterocycles. The maximum absolute atomic E-state index is 12.4. The van der Waals surface area contributed by atoms with Gasteiger partial charge >= 0.3 is 0 Å². The zero-order valence-electron chi connectivity index (χ0n) is 15.7. The SMILES string of the molecule is COc1ccccc1N1CC(C(=O)NCCNC(=O)c2ccccc2)CC1=O. The number of carbonyl (C=O) groups is 3. The molecule has 2 N–H and O–H groups in total. The highest BCUT2D eigenvalue weighted by Gasteiger charge is 2.36. The molecule has 0 spiro atoms. The maximum atomic E-state index is 12.4. The van der Waals surface area contributed by atoms with Crippen LogP contribution in [-0.2, 0) is 9.59 Å². The number of nitrogens with zero attached hydrogens (tertiary/aromatic N) is 1. The summed E-state index contributed by atoms with van der Waals surface area (Å²) in [6, 6.07) is 16.1. The molecule has 1 aliphatic heterocycles. The van der Waals surface area contributed by atoms with Crippen LogP contribution >= 0.6 is 0 Å². The number of anilines is 1. The van der Waals surface area contributed by atoms with Gasteiger partial charge < -0.3 is 20.3 Å². The highest BCUT2D eigenvalue weighted by molar-refractivity contribution is 6.01. The van der Waals surface area contributed by atoms with E-state index in [1.54, 1.807) is 48.4 Å². The van der Waals surface area contributed by atoms with E-state index in [9.17, 15) is 14.4 Å². The number of amides is 3. The van der Waals surface area contributed by atoms with Crippen molar-refractivity contribution in [1.82, 2.24) is 10.6 Å². The largest absolute Gasteiger partial charge is 0.495 e. The van der Waals surface area contributed by atoms with Crippen molar-refractivity contribution in [1.29, 1.82) is 0 Å². The summed E-state index contributed by atoms with van der Waals surface area (Å²) in [4.78, 5) is 38.3. The van der Waals surface area contributed by atoms with Crippen molar-refractivity contribution in [3.63, 3.8) is 0 Å². The number of ether oxygens (including phenoxy) is 1. The number of methoxy groups -OCH3 is 1. The van der Waals surface area contributed by atoms with E-state index in [-0.39, 0.29) is 24.1 Å². The molecule has 7 nitrogen and oxygen atoms in total. The molecule has 0 bridgehead atoms. The highest BCUT2D eigenvalue weighted by atomic mass is 16.5. The average Bonchev–Trinajstić information content (AvgIpc) is 3.13. The number of nitrogens with one attached hydrogen (secondary N) is 2. The van der Waals surface area contributed by atoms with Crippen LogP contribution in [0.15, 0.2) is 54.6 Å². The topological polar surface area (TPSA) is 87.7 Å². The van der Waals surface area contributed by atoms with Crippen LogP contribution < -0.4 is 20.3 Å². The van der Waals surface area contributed by atoms with Crippen LogP contribution in [0, 0.1) is 5.92 Å². The lowest BCUT2D eigenvalue weighted by atomic mass is 10.1. The average molecular weight is 381 g/mol. The Hall–Kier alpha value is -3.35. The smallest absolute Gasteiger partial charge is 0.251 e. The Kier molecular flexibility index (Phi) is 6.26. The van der Waals surface area contributed by atoms with Crippen molar-refractivity contribution in [3.05, 3.63) is 60.2 Å². The van der Waals surface area contributed by atoms with Gasteiger partial charge in [0.05, 0.1) is 18.7 Å². The molecule has 1 fully saturated rings. The van der Waals surface area contributed by atoms with Gasteiger partial charge in [-0.3, -0.25) is 14.4 Å². The fourth-order valence-corrected chi connectivity index (χ4v) is 3.17. The van der Waals surface area contributed by atoms with Crippen molar-refractivity contribution in [2.75, 3.05) is 31.6 Å². The van der Waals surface area contributed by atoms with Gasteiger partial charge in [-0.15, -0.1) is 0 Å². The Morgan fingerprint density at radius 2 is 1.71 bits per heavy atom. The Balaban J connectivity index is 1.48. The third-order valence-electron chi connectivity index (χ3n) is 4.62. The molecule has 7 heteroatoms. The first-order valence-electron chi connectivity index (χ1n) is 9.14. The van der Waals surface area contributed by atoms with E-state index in [0.29, 0.717) is 36.6 Å². The molecular weight excluding hydrogens is 358 g/mol. The summed E-state index contributed by atoms with van der Waals surface area (Å²) >= 11 is 0. The van der Waals surface area contributed by atoms with E-state index in [2.05, 4.69) is 10.6 Å². The first-order chi connectivity index (χ1) is 13.6. The van der Waals surface area contributed by atoms with Crippen LogP contribution in [0.2, 0.25) is 0 Å². The lowest BCUT2D eigenvalue weighted by molar-refractivity contribution is -0.126. The van der Waals surface area contributed by atoms with Gasteiger partial charge in [0.2, 0.25) is 11.8 Å². The number of para-hydroxylation sites is 2. The van der Waals surface area contributed by atoms with Crippen molar-refractivity contribution >= 4 is 23.4 Å². The van der Waals surface area contributed by atoms with E-state index < -0.39 is 5.92 Å². The second-order valence-electron chi connectivity index (χ2n) is 6.49. The van der Waals surface area contributed by atoms with Gasteiger partial charge in [-0.1, -0.05) is 30.3 Å². The van der Waals surface area contributed by atoms with E-state index >= 15 is 0 Å². The zero-order chi connectivity index (χ0) is 19.9. The molecule has 0 aromatic heterocycles. The van der Waals surface area contributed by atoms with Crippen LogP contribution in [0.3, 0.4) is 0 Å². The fraction of sp³-hybridized carbons (Fsp3) is 0.286. The van der Waals surface area contributed by atoms with Gasteiger partial charge in [-0.25, -0.2) is 0 Å². The number of benzene rings is 2. The molecule has 146 valence electrons. The summed E-state index contributed by atoms with van der Waals surface area (Å²) in [5.74, 6) is -0.322. The Morgan fingerprint density at radius 3 is 2.46 bits per heavy atom. The molecule has 1 unspecified atom stereocenters. The minimum atomic E-state index is -0.428.